The van der Waals surface area contributed by atoms with Crippen molar-refractivity contribution in [3.63, 3.8) is 0 Å². The van der Waals surface area contributed by atoms with Crippen LogP contribution in [0.5, 0.6) is 0 Å². The smallest absolute Gasteiger partial charge is 0.266 e. The molecule has 0 aliphatic carbocycles. The highest BCUT2D eigenvalue weighted by Gasteiger charge is 2.36. The van der Waals surface area contributed by atoms with E-state index in [1.807, 2.05) is 13.8 Å². The molecule has 1 aromatic heterocycles. The monoisotopic (exact) mass is 361 g/mol. The van der Waals surface area contributed by atoms with Crippen molar-refractivity contribution >= 4 is 6.21 Å². The molecule has 26 heavy (non-hydrogen) atoms. The van der Waals surface area contributed by atoms with Crippen LogP contribution in [0.1, 0.15) is 37.8 Å². The second-order valence-corrected chi connectivity index (χ2v) is 5.75. The molecule has 0 saturated carbocycles. The Morgan fingerprint density at radius 1 is 1.23 bits per heavy atom. The van der Waals surface area contributed by atoms with Crippen LogP contribution in [0.3, 0.4) is 0 Å². The van der Waals surface area contributed by atoms with E-state index in [1.165, 1.54) is 6.07 Å². The standard InChI is InChI=1S/C19H18F3N3O/c1-3-13(4-2)12-24-25-17(14-8-6-5-7-9-14)10-16(19(20,21)22)15(11-23)18(25)26/h5-10,12-13H,3-4H2,1-2H3/b24-12+. The first-order valence-corrected chi connectivity index (χ1v) is 8.20. The van der Waals surface area contributed by atoms with Gasteiger partial charge in [-0.3, -0.25) is 4.79 Å². The molecule has 7 heteroatoms. The summed E-state index contributed by atoms with van der Waals surface area (Å²) in [5, 5.41) is 13.2. The number of pyridine rings is 1. The number of alkyl halides is 3. The molecule has 136 valence electrons. The van der Waals surface area contributed by atoms with Crippen molar-refractivity contribution in [1.29, 1.82) is 5.26 Å². The highest BCUT2D eigenvalue weighted by atomic mass is 19.4. The molecule has 1 heterocycles. The third kappa shape index (κ3) is 4.02. The Morgan fingerprint density at radius 2 is 1.85 bits per heavy atom. The van der Waals surface area contributed by atoms with E-state index in [0.717, 1.165) is 23.6 Å². The fourth-order valence-electron chi connectivity index (χ4n) is 2.52. The topological polar surface area (TPSA) is 58.1 Å². The first kappa shape index (κ1) is 19.4. The number of hydrogen-bond acceptors (Lipinski definition) is 3. The molecule has 4 nitrogen and oxygen atoms in total. The van der Waals surface area contributed by atoms with Gasteiger partial charge in [-0.15, -0.1) is 0 Å². The predicted octanol–water partition coefficient (Wildman–Crippen LogP) is 4.68. The predicted molar refractivity (Wildman–Crippen MR) is 93.8 cm³/mol. The Bertz CT molecular complexity index is 889. The van der Waals surface area contributed by atoms with E-state index in [9.17, 15) is 18.0 Å². The summed E-state index contributed by atoms with van der Waals surface area (Å²) in [6.45, 7) is 3.91. The molecule has 1 aromatic carbocycles. The molecule has 0 atom stereocenters. The lowest BCUT2D eigenvalue weighted by Crippen LogP contribution is -2.26. The molecule has 0 N–H and O–H groups in total. The zero-order chi connectivity index (χ0) is 19.3. The Hall–Kier alpha value is -2.88. The Morgan fingerprint density at radius 3 is 2.35 bits per heavy atom. The van der Waals surface area contributed by atoms with E-state index in [2.05, 4.69) is 5.10 Å². The molecular weight excluding hydrogens is 343 g/mol. The summed E-state index contributed by atoms with van der Waals surface area (Å²) in [6.07, 6.45) is -1.71. The molecule has 0 amide bonds. The first-order chi connectivity index (χ1) is 12.3. The number of benzene rings is 1. The van der Waals surface area contributed by atoms with Gasteiger partial charge >= 0.3 is 6.18 Å². The molecule has 0 aliphatic heterocycles. The minimum Gasteiger partial charge on any atom is -0.266 e. The fourth-order valence-corrected chi connectivity index (χ4v) is 2.52. The number of aromatic nitrogens is 1. The fraction of sp³-hybridized carbons (Fsp3) is 0.316. The maximum Gasteiger partial charge on any atom is 0.417 e. The lowest BCUT2D eigenvalue weighted by atomic mass is 10.0. The van der Waals surface area contributed by atoms with Gasteiger partial charge < -0.3 is 0 Å². The van der Waals surface area contributed by atoms with E-state index in [4.69, 9.17) is 5.26 Å². The van der Waals surface area contributed by atoms with Gasteiger partial charge in [0.25, 0.3) is 5.56 Å². The van der Waals surface area contributed by atoms with Crippen LogP contribution in [0.2, 0.25) is 0 Å². The highest BCUT2D eigenvalue weighted by Crippen LogP contribution is 2.33. The van der Waals surface area contributed by atoms with Crippen LogP contribution >= 0.6 is 0 Å². The number of nitriles is 1. The Labute approximate surface area is 149 Å². The minimum atomic E-state index is -4.81. The summed E-state index contributed by atoms with van der Waals surface area (Å²) in [5.74, 6) is 0.0818. The van der Waals surface area contributed by atoms with Gasteiger partial charge in [0.05, 0.1) is 11.3 Å². The van der Waals surface area contributed by atoms with Crippen molar-refractivity contribution in [2.75, 3.05) is 0 Å². The summed E-state index contributed by atoms with van der Waals surface area (Å²) in [7, 11) is 0. The summed E-state index contributed by atoms with van der Waals surface area (Å²) < 4.78 is 40.9. The molecule has 0 saturated heterocycles. The summed E-state index contributed by atoms with van der Waals surface area (Å²) >= 11 is 0. The van der Waals surface area contributed by atoms with Gasteiger partial charge in [-0.25, -0.2) is 0 Å². The summed E-state index contributed by atoms with van der Waals surface area (Å²) in [4.78, 5) is 12.6. The van der Waals surface area contributed by atoms with Crippen molar-refractivity contribution in [3.05, 3.63) is 57.9 Å². The van der Waals surface area contributed by atoms with Gasteiger partial charge in [0.1, 0.15) is 11.6 Å². The molecule has 0 aliphatic rings. The highest BCUT2D eigenvalue weighted by molar-refractivity contribution is 5.65. The quantitative estimate of drug-likeness (QED) is 0.726. The van der Waals surface area contributed by atoms with Gasteiger partial charge in [0.15, 0.2) is 0 Å². The maximum atomic E-state index is 13.3. The Kier molecular flexibility index (Phi) is 5.98. The lowest BCUT2D eigenvalue weighted by molar-refractivity contribution is -0.137. The average Bonchev–Trinajstić information content (AvgIpc) is 2.62. The zero-order valence-corrected chi connectivity index (χ0v) is 14.4. The zero-order valence-electron chi connectivity index (χ0n) is 14.4. The van der Waals surface area contributed by atoms with Crippen molar-refractivity contribution in [1.82, 2.24) is 4.68 Å². The second-order valence-electron chi connectivity index (χ2n) is 5.75. The van der Waals surface area contributed by atoms with Crippen LogP contribution in [-0.4, -0.2) is 10.9 Å². The molecule has 0 radical (unpaired) electrons. The van der Waals surface area contributed by atoms with E-state index in [1.54, 1.807) is 36.5 Å². The molecule has 2 rings (SSSR count). The molecular formula is C19H18F3N3O. The van der Waals surface area contributed by atoms with Crippen LogP contribution in [0, 0.1) is 17.2 Å². The van der Waals surface area contributed by atoms with Crippen LogP contribution in [0.25, 0.3) is 11.3 Å². The minimum absolute atomic E-state index is 0.0101. The van der Waals surface area contributed by atoms with E-state index >= 15 is 0 Å². The van der Waals surface area contributed by atoms with Crippen LogP contribution in [0.15, 0.2) is 46.3 Å². The van der Waals surface area contributed by atoms with Crippen molar-refractivity contribution in [3.8, 4) is 17.3 Å². The van der Waals surface area contributed by atoms with Crippen LogP contribution < -0.4 is 5.56 Å². The van der Waals surface area contributed by atoms with Gasteiger partial charge in [0.2, 0.25) is 0 Å². The summed E-state index contributed by atoms with van der Waals surface area (Å²) in [5.41, 5.74) is -2.90. The lowest BCUT2D eigenvalue weighted by Gasteiger charge is -2.15. The van der Waals surface area contributed by atoms with E-state index in [0.29, 0.717) is 5.56 Å². The van der Waals surface area contributed by atoms with Gasteiger partial charge in [-0.2, -0.15) is 28.2 Å². The average molecular weight is 361 g/mol. The molecule has 0 bridgehead atoms. The van der Waals surface area contributed by atoms with Crippen molar-refractivity contribution < 1.29 is 13.2 Å². The number of halogens is 3. The molecule has 0 spiro atoms. The molecule has 2 aromatic rings. The van der Waals surface area contributed by atoms with Crippen molar-refractivity contribution in [2.24, 2.45) is 11.0 Å². The first-order valence-electron chi connectivity index (χ1n) is 8.20. The third-order valence-corrected chi connectivity index (χ3v) is 4.11. The van der Waals surface area contributed by atoms with Crippen molar-refractivity contribution in [2.45, 2.75) is 32.9 Å². The van der Waals surface area contributed by atoms with Crippen LogP contribution in [-0.2, 0) is 6.18 Å². The number of nitrogens with zero attached hydrogens (tertiary/aromatic N) is 3. The second kappa shape index (κ2) is 8.00. The number of hydrogen-bond donors (Lipinski definition) is 0. The summed E-state index contributed by atoms with van der Waals surface area (Å²) in [6, 6.07) is 10.4. The molecule has 0 unspecified atom stereocenters. The van der Waals surface area contributed by atoms with Gasteiger partial charge in [-0.1, -0.05) is 44.2 Å². The van der Waals surface area contributed by atoms with Gasteiger partial charge in [0, 0.05) is 11.8 Å². The Balaban J connectivity index is 2.80. The van der Waals surface area contributed by atoms with Crippen LogP contribution in [0.4, 0.5) is 13.2 Å². The van der Waals surface area contributed by atoms with E-state index < -0.39 is 22.9 Å². The van der Waals surface area contributed by atoms with Gasteiger partial charge in [-0.05, 0) is 24.8 Å². The molecule has 0 fully saturated rings. The SMILES string of the molecule is CCC(/C=N/n1c(-c2ccccc2)cc(C(F)(F)F)c(C#N)c1=O)CC. The largest absolute Gasteiger partial charge is 0.417 e. The normalized spacial score (nSPS) is 11.9. The third-order valence-electron chi connectivity index (χ3n) is 4.11. The number of rotatable bonds is 5. The van der Waals surface area contributed by atoms with E-state index in [-0.39, 0.29) is 11.6 Å². The maximum absolute atomic E-state index is 13.3.